The molecule has 2 saturated heterocycles. The minimum Gasteiger partial charge on any atom is -0.378 e. The van der Waals surface area contributed by atoms with Crippen LogP contribution in [0.4, 0.5) is 0 Å². The van der Waals surface area contributed by atoms with Crippen LogP contribution < -0.4 is 0 Å². The third kappa shape index (κ3) is 5.24. The summed E-state index contributed by atoms with van der Waals surface area (Å²) in [6.07, 6.45) is 3.23. The monoisotopic (exact) mass is 298 g/mol. The molecule has 0 saturated carbocycles. The first-order valence-corrected chi connectivity index (χ1v) is 8.31. The molecule has 2 rings (SSSR count). The fourth-order valence-electron chi connectivity index (χ4n) is 3.20. The van der Waals surface area contributed by atoms with Gasteiger partial charge in [-0.2, -0.15) is 0 Å². The molecular formula is C16H30N2O3. The Kier molecular flexibility index (Phi) is 6.45. The van der Waals surface area contributed by atoms with E-state index in [-0.39, 0.29) is 12.0 Å². The molecule has 0 aromatic carbocycles. The topological polar surface area (TPSA) is 42.0 Å². The Morgan fingerprint density at radius 3 is 2.62 bits per heavy atom. The smallest absolute Gasteiger partial charge is 0.224 e. The molecule has 1 atom stereocenters. The normalized spacial score (nSPS) is 25.5. The minimum atomic E-state index is 0.201. The zero-order valence-electron chi connectivity index (χ0n) is 13.7. The first kappa shape index (κ1) is 16.7. The van der Waals surface area contributed by atoms with Gasteiger partial charge in [-0.15, -0.1) is 0 Å². The average Bonchev–Trinajstić information content (AvgIpc) is 2.47. The van der Waals surface area contributed by atoms with Gasteiger partial charge in [-0.3, -0.25) is 9.69 Å². The largest absolute Gasteiger partial charge is 0.378 e. The van der Waals surface area contributed by atoms with Gasteiger partial charge >= 0.3 is 0 Å². The van der Waals surface area contributed by atoms with Gasteiger partial charge in [0.25, 0.3) is 0 Å². The van der Waals surface area contributed by atoms with E-state index in [0.29, 0.717) is 25.2 Å². The molecule has 0 radical (unpaired) electrons. The molecule has 21 heavy (non-hydrogen) atoms. The minimum absolute atomic E-state index is 0.201. The molecule has 2 heterocycles. The highest BCUT2D eigenvalue weighted by Gasteiger charge is 2.29. The van der Waals surface area contributed by atoms with Crippen LogP contribution in [0.25, 0.3) is 0 Å². The number of hydrogen-bond donors (Lipinski definition) is 0. The summed E-state index contributed by atoms with van der Waals surface area (Å²) in [6.45, 7) is 11.3. The van der Waals surface area contributed by atoms with E-state index in [1.807, 2.05) is 18.7 Å². The van der Waals surface area contributed by atoms with Gasteiger partial charge in [-0.25, -0.2) is 0 Å². The number of rotatable bonds is 5. The molecule has 0 spiro atoms. The number of likely N-dealkylation sites (tertiary alicyclic amines) is 1. The second-order valence-electron chi connectivity index (χ2n) is 6.46. The molecule has 2 fully saturated rings. The predicted octanol–water partition coefficient (Wildman–Crippen LogP) is 1.51. The lowest BCUT2D eigenvalue weighted by atomic mass is 10.0. The third-order valence-corrected chi connectivity index (χ3v) is 4.37. The zero-order chi connectivity index (χ0) is 15.2. The number of piperidine rings is 1. The molecule has 0 bridgehead atoms. The predicted molar refractivity (Wildman–Crippen MR) is 82.3 cm³/mol. The van der Waals surface area contributed by atoms with Crippen molar-refractivity contribution in [2.75, 3.05) is 39.4 Å². The van der Waals surface area contributed by atoms with Crippen LogP contribution >= 0.6 is 0 Å². The molecule has 5 heteroatoms. The van der Waals surface area contributed by atoms with Crippen molar-refractivity contribution in [2.24, 2.45) is 0 Å². The Morgan fingerprint density at radius 1 is 1.29 bits per heavy atom. The maximum atomic E-state index is 12.1. The summed E-state index contributed by atoms with van der Waals surface area (Å²) in [5.41, 5.74) is 0. The van der Waals surface area contributed by atoms with Crippen molar-refractivity contribution in [2.45, 2.75) is 58.3 Å². The van der Waals surface area contributed by atoms with Gasteiger partial charge < -0.3 is 14.4 Å². The first-order chi connectivity index (χ1) is 10.1. The fraction of sp³-hybridized carbons (Fsp3) is 0.938. The van der Waals surface area contributed by atoms with E-state index in [4.69, 9.17) is 9.47 Å². The Bertz CT molecular complexity index is 327. The maximum Gasteiger partial charge on any atom is 0.224 e. The molecule has 2 aliphatic heterocycles. The molecule has 2 aliphatic rings. The summed E-state index contributed by atoms with van der Waals surface area (Å²) >= 11 is 0. The van der Waals surface area contributed by atoms with Crippen LogP contribution in [0.5, 0.6) is 0 Å². The SMILES string of the molecule is CC(C)OCCC(=O)N1CCC(N2CCOC(C)C2)CC1. The molecule has 0 aliphatic carbocycles. The fourth-order valence-corrected chi connectivity index (χ4v) is 3.20. The van der Waals surface area contributed by atoms with Gasteiger partial charge in [-0.05, 0) is 33.6 Å². The van der Waals surface area contributed by atoms with Crippen LogP contribution in [-0.2, 0) is 14.3 Å². The number of ether oxygens (including phenoxy) is 2. The lowest BCUT2D eigenvalue weighted by Crippen LogP contribution is -2.51. The van der Waals surface area contributed by atoms with Crippen molar-refractivity contribution >= 4 is 5.91 Å². The summed E-state index contributed by atoms with van der Waals surface area (Å²) in [4.78, 5) is 16.7. The number of carbonyl (C=O) groups excluding carboxylic acids is 1. The van der Waals surface area contributed by atoms with Gasteiger partial charge in [0.15, 0.2) is 0 Å². The Morgan fingerprint density at radius 2 is 2.00 bits per heavy atom. The molecule has 5 nitrogen and oxygen atoms in total. The van der Waals surface area contributed by atoms with E-state index in [2.05, 4.69) is 11.8 Å². The van der Waals surface area contributed by atoms with Crippen molar-refractivity contribution in [1.29, 1.82) is 0 Å². The zero-order valence-corrected chi connectivity index (χ0v) is 13.7. The van der Waals surface area contributed by atoms with E-state index in [1.165, 1.54) is 0 Å². The highest BCUT2D eigenvalue weighted by atomic mass is 16.5. The van der Waals surface area contributed by atoms with Gasteiger partial charge in [0.2, 0.25) is 5.91 Å². The molecule has 0 aromatic rings. The third-order valence-electron chi connectivity index (χ3n) is 4.37. The second kappa shape index (κ2) is 8.11. The first-order valence-electron chi connectivity index (χ1n) is 8.31. The van der Waals surface area contributed by atoms with Crippen LogP contribution in [0.2, 0.25) is 0 Å². The van der Waals surface area contributed by atoms with E-state index in [0.717, 1.165) is 45.6 Å². The average molecular weight is 298 g/mol. The second-order valence-corrected chi connectivity index (χ2v) is 6.46. The maximum absolute atomic E-state index is 12.1. The quantitative estimate of drug-likeness (QED) is 0.771. The van der Waals surface area contributed by atoms with E-state index < -0.39 is 0 Å². The van der Waals surface area contributed by atoms with Gasteiger partial charge in [0, 0.05) is 32.2 Å². The van der Waals surface area contributed by atoms with Crippen molar-refractivity contribution < 1.29 is 14.3 Å². The number of morpholine rings is 1. The summed E-state index contributed by atoms with van der Waals surface area (Å²) in [6, 6.07) is 0.618. The van der Waals surface area contributed by atoms with Crippen LogP contribution in [0.15, 0.2) is 0 Å². The van der Waals surface area contributed by atoms with E-state index in [1.54, 1.807) is 0 Å². The molecular weight excluding hydrogens is 268 g/mol. The highest BCUT2D eigenvalue weighted by Crippen LogP contribution is 2.19. The van der Waals surface area contributed by atoms with Crippen LogP contribution in [0.1, 0.15) is 40.0 Å². The van der Waals surface area contributed by atoms with E-state index in [9.17, 15) is 4.79 Å². The highest BCUT2D eigenvalue weighted by molar-refractivity contribution is 5.76. The lowest BCUT2D eigenvalue weighted by Gasteiger charge is -2.41. The number of carbonyl (C=O) groups is 1. The van der Waals surface area contributed by atoms with Crippen molar-refractivity contribution in [3.05, 3.63) is 0 Å². The Hall–Kier alpha value is -0.650. The van der Waals surface area contributed by atoms with Crippen LogP contribution in [0, 0.1) is 0 Å². The van der Waals surface area contributed by atoms with E-state index >= 15 is 0 Å². The molecule has 1 amide bonds. The summed E-state index contributed by atoms with van der Waals surface area (Å²) in [5, 5.41) is 0. The number of amides is 1. The van der Waals surface area contributed by atoms with Crippen molar-refractivity contribution in [3.8, 4) is 0 Å². The summed E-state index contributed by atoms with van der Waals surface area (Å²) in [5.74, 6) is 0.240. The molecule has 122 valence electrons. The van der Waals surface area contributed by atoms with Gasteiger partial charge in [0.05, 0.1) is 31.8 Å². The van der Waals surface area contributed by atoms with Gasteiger partial charge in [0.1, 0.15) is 0 Å². The molecule has 0 N–H and O–H groups in total. The van der Waals surface area contributed by atoms with Crippen LogP contribution in [-0.4, -0.2) is 73.3 Å². The molecule has 0 aromatic heterocycles. The standard InChI is InChI=1S/C16H30N2O3/c1-13(2)20-10-6-16(19)17-7-4-15(5-8-17)18-9-11-21-14(3)12-18/h13-15H,4-12H2,1-3H3. The number of hydrogen-bond acceptors (Lipinski definition) is 4. The lowest BCUT2D eigenvalue weighted by molar-refractivity contribution is -0.134. The van der Waals surface area contributed by atoms with Crippen molar-refractivity contribution in [3.63, 3.8) is 0 Å². The Balaban J connectivity index is 1.68. The Labute approximate surface area is 128 Å². The number of nitrogens with zero attached hydrogens (tertiary/aromatic N) is 2. The molecule has 1 unspecified atom stereocenters. The van der Waals surface area contributed by atoms with Crippen molar-refractivity contribution in [1.82, 2.24) is 9.80 Å². The van der Waals surface area contributed by atoms with Crippen LogP contribution in [0.3, 0.4) is 0 Å². The summed E-state index contributed by atoms with van der Waals surface area (Å²) in [7, 11) is 0. The van der Waals surface area contributed by atoms with Gasteiger partial charge in [-0.1, -0.05) is 0 Å². The summed E-state index contributed by atoms with van der Waals surface area (Å²) < 4.78 is 11.1.